The second-order valence-electron chi connectivity index (χ2n) is 7.06. The van der Waals surface area contributed by atoms with E-state index in [0.29, 0.717) is 12.1 Å². The summed E-state index contributed by atoms with van der Waals surface area (Å²) < 4.78 is 6.40. The molecule has 2 aliphatic rings. The van der Waals surface area contributed by atoms with Gasteiger partial charge in [-0.1, -0.05) is 38.5 Å². The molecular weight excluding hydrogens is 278 g/mol. The van der Waals surface area contributed by atoms with E-state index in [4.69, 9.17) is 4.43 Å². The normalized spacial score (nSPS) is 22.9. The van der Waals surface area contributed by atoms with Crippen LogP contribution in [0, 0.1) is 0 Å². The molecule has 2 fully saturated rings. The molecule has 124 valence electrons. The van der Waals surface area contributed by atoms with Gasteiger partial charge in [-0.3, -0.25) is 14.9 Å². The van der Waals surface area contributed by atoms with Gasteiger partial charge in [0.25, 0.3) is 0 Å². The van der Waals surface area contributed by atoms with Crippen molar-refractivity contribution in [2.75, 3.05) is 7.05 Å². The molecule has 0 atom stereocenters. The molecular formula is C16H35N3OSi. The molecule has 0 unspecified atom stereocenters. The molecule has 0 spiro atoms. The third kappa shape index (κ3) is 5.64. The first-order valence-electron chi connectivity index (χ1n) is 9.05. The minimum Gasteiger partial charge on any atom is -0.378 e. The summed E-state index contributed by atoms with van der Waals surface area (Å²) in [6.07, 6.45) is 13.7. The lowest BCUT2D eigenvalue weighted by Crippen LogP contribution is -2.77. The van der Waals surface area contributed by atoms with E-state index in [9.17, 15) is 0 Å². The van der Waals surface area contributed by atoms with Gasteiger partial charge in [0.2, 0.25) is 0 Å². The molecule has 2 saturated carbocycles. The molecule has 0 aromatic heterocycles. The summed E-state index contributed by atoms with van der Waals surface area (Å²) in [4.78, 5) is 11.3. The first-order valence-corrected chi connectivity index (χ1v) is 11.0. The van der Waals surface area contributed by atoms with Gasteiger partial charge in [0, 0.05) is 18.2 Å². The van der Waals surface area contributed by atoms with Crippen molar-refractivity contribution in [2.24, 2.45) is 0 Å². The van der Waals surface area contributed by atoms with Crippen molar-refractivity contribution in [3.8, 4) is 0 Å². The summed E-state index contributed by atoms with van der Waals surface area (Å²) in [6.45, 7) is 4.29. The van der Waals surface area contributed by atoms with Crippen LogP contribution in [0.4, 0.5) is 0 Å². The largest absolute Gasteiger partial charge is 0.440 e. The number of nitrogens with one attached hydrogen (secondary N) is 3. The van der Waals surface area contributed by atoms with E-state index in [0.717, 1.165) is 0 Å². The van der Waals surface area contributed by atoms with Gasteiger partial charge in [-0.05, 0) is 46.6 Å². The lowest BCUT2D eigenvalue weighted by atomic mass is 9.96. The Labute approximate surface area is 132 Å². The highest BCUT2D eigenvalue weighted by Crippen LogP contribution is 2.21. The molecule has 2 rings (SSSR count). The number of hydrogen-bond donors (Lipinski definition) is 3. The first kappa shape index (κ1) is 17.4. The van der Waals surface area contributed by atoms with Crippen LogP contribution in [-0.4, -0.2) is 34.0 Å². The molecule has 0 radical (unpaired) electrons. The van der Waals surface area contributed by atoms with Crippen LogP contribution in [0.3, 0.4) is 0 Å². The quantitative estimate of drug-likeness (QED) is 0.632. The van der Waals surface area contributed by atoms with Crippen LogP contribution in [0.25, 0.3) is 0 Å². The summed E-state index contributed by atoms with van der Waals surface area (Å²) >= 11 is 0. The van der Waals surface area contributed by atoms with Crippen molar-refractivity contribution in [3.05, 3.63) is 0 Å². The Kier molecular flexibility index (Phi) is 7.15. The van der Waals surface area contributed by atoms with Crippen LogP contribution in [0.1, 0.15) is 78.1 Å². The maximum absolute atomic E-state index is 6.40. The third-order valence-corrected chi connectivity index (χ3v) is 7.95. The predicted octanol–water partition coefficient (Wildman–Crippen LogP) is 2.91. The van der Waals surface area contributed by atoms with Crippen LogP contribution >= 0.6 is 0 Å². The average molecular weight is 314 g/mol. The summed E-state index contributed by atoms with van der Waals surface area (Å²) in [5.41, 5.74) is 0. The van der Waals surface area contributed by atoms with Gasteiger partial charge in [-0.15, -0.1) is 0 Å². The van der Waals surface area contributed by atoms with E-state index in [2.05, 4.69) is 35.8 Å². The topological polar surface area (TPSA) is 45.3 Å². The molecule has 0 aromatic rings. The Hall–Kier alpha value is 0.0569. The van der Waals surface area contributed by atoms with E-state index in [1.54, 1.807) is 0 Å². The van der Waals surface area contributed by atoms with Crippen molar-refractivity contribution >= 4 is 8.80 Å². The van der Waals surface area contributed by atoms with E-state index in [1.165, 1.54) is 64.2 Å². The van der Waals surface area contributed by atoms with Crippen LogP contribution < -0.4 is 14.9 Å². The number of rotatable bonds is 7. The van der Waals surface area contributed by atoms with E-state index >= 15 is 0 Å². The molecule has 0 amide bonds. The minimum absolute atomic E-state index is 0.247. The van der Waals surface area contributed by atoms with Crippen molar-refractivity contribution in [2.45, 2.75) is 96.2 Å². The number of hydrogen-bond acceptors (Lipinski definition) is 4. The molecule has 0 bridgehead atoms. The molecule has 0 saturated heterocycles. The second kappa shape index (κ2) is 8.63. The molecule has 21 heavy (non-hydrogen) atoms. The zero-order valence-corrected chi connectivity index (χ0v) is 15.2. The molecule has 2 aliphatic carbocycles. The highest BCUT2D eigenvalue weighted by Gasteiger charge is 2.41. The van der Waals surface area contributed by atoms with E-state index in [1.807, 2.05) is 0 Å². The SMILES string of the molecule is CN[Si](NC1CCCCC1)(NC1CCCCC1)OC(C)C. The molecule has 5 heteroatoms. The molecule has 0 heterocycles. The standard InChI is InChI=1S/C16H35N3OSi/c1-14(2)20-21(17-3,18-15-10-6-4-7-11-15)19-16-12-8-5-9-13-16/h14-19H,4-13H2,1-3H3. The van der Waals surface area contributed by atoms with Crippen LogP contribution in [0.2, 0.25) is 0 Å². The zero-order chi connectivity index (χ0) is 15.1. The fourth-order valence-electron chi connectivity index (χ4n) is 3.74. The maximum Gasteiger partial charge on any atom is 0.440 e. The van der Waals surface area contributed by atoms with Crippen LogP contribution in [0.5, 0.6) is 0 Å². The van der Waals surface area contributed by atoms with Gasteiger partial charge in [0.1, 0.15) is 0 Å². The molecule has 4 nitrogen and oxygen atoms in total. The van der Waals surface area contributed by atoms with Crippen LogP contribution in [0.15, 0.2) is 0 Å². The lowest BCUT2D eigenvalue weighted by Gasteiger charge is -2.40. The fourth-order valence-corrected chi connectivity index (χ4v) is 6.80. The highest BCUT2D eigenvalue weighted by molar-refractivity contribution is 6.66. The van der Waals surface area contributed by atoms with Crippen LogP contribution in [-0.2, 0) is 4.43 Å². The first-order chi connectivity index (χ1) is 10.1. The Morgan fingerprint density at radius 1 is 0.810 bits per heavy atom. The summed E-state index contributed by atoms with van der Waals surface area (Å²) in [6, 6.07) is 1.24. The Morgan fingerprint density at radius 2 is 1.24 bits per heavy atom. The van der Waals surface area contributed by atoms with E-state index < -0.39 is 8.80 Å². The van der Waals surface area contributed by atoms with Crippen molar-refractivity contribution < 1.29 is 4.43 Å². The van der Waals surface area contributed by atoms with Gasteiger partial charge in [0.05, 0.1) is 0 Å². The van der Waals surface area contributed by atoms with Gasteiger partial charge in [-0.25, -0.2) is 0 Å². The average Bonchev–Trinajstić information content (AvgIpc) is 2.48. The Balaban J connectivity index is 1.99. The summed E-state index contributed by atoms with van der Waals surface area (Å²) in [7, 11) is -0.202. The maximum atomic E-state index is 6.40. The van der Waals surface area contributed by atoms with Gasteiger partial charge in [0.15, 0.2) is 0 Å². The highest BCUT2D eigenvalue weighted by atomic mass is 28.4. The van der Waals surface area contributed by atoms with Crippen molar-refractivity contribution in [1.82, 2.24) is 14.9 Å². The predicted molar refractivity (Wildman–Crippen MR) is 91.1 cm³/mol. The fraction of sp³-hybridized carbons (Fsp3) is 1.00. The minimum atomic E-state index is -2.26. The van der Waals surface area contributed by atoms with Gasteiger partial charge < -0.3 is 4.43 Å². The Morgan fingerprint density at radius 3 is 1.57 bits per heavy atom. The zero-order valence-electron chi connectivity index (χ0n) is 14.2. The molecule has 0 aromatic carbocycles. The van der Waals surface area contributed by atoms with Gasteiger partial charge in [-0.2, -0.15) is 0 Å². The Bertz CT molecular complexity index is 269. The molecule has 3 N–H and O–H groups in total. The monoisotopic (exact) mass is 313 g/mol. The van der Waals surface area contributed by atoms with Crippen molar-refractivity contribution in [3.63, 3.8) is 0 Å². The second-order valence-corrected chi connectivity index (χ2v) is 9.73. The van der Waals surface area contributed by atoms with Gasteiger partial charge >= 0.3 is 8.80 Å². The smallest absolute Gasteiger partial charge is 0.378 e. The summed E-state index contributed by atoms with van der Waals surface area (Å²) in [5.74, 6) is 0. The lowest BCUT2D eigenvalue weighted by molar-refractivity contribution is 0.189. The third-order valence-electron chi connectivity index (χ3n) is 4.79. The molecule has 0 aliphatic heterocycles. The van der Waals surface area contributed by atoms with Crippen molar-refractivity contribution in [1.29, 1.82) is 0 Å². The summed E-state index contributed by atoms with van der Waals surface area (Å²) in [5, 5.41) is 0. The van der Waals surface area contributed by atoms with E-state index in [-0.39, 0.29) is 6.10 Å².